The molecule has 1 atom stereocenters. The van der Waals surface area contributed by atoms with E-state index < -0.39 is 0 Å². The molecule has 0 bridgehead atoms. The van der Waals surface area contributed by atoms with Gasteiger partial charge in [-0.3, -0.25) is 0 Å². The van der Waals surface area contributed by atoms with Crippen molar-refractivity contribution in [2.75, 3.05) is 12.4 Å². The van der Waals surface area contributed by atoms with E-state index in [-0.39, 0.29) is 6.61 Å². The quantitative estimate of drug-likeness (QED) is 0.780. The average Bonchev–Trinajstić information content (AvgIpc) is 2.19. The average molecular weight is 196 g/mol. The van der Waals surface area contributed by atoms with Crippen molar-refractivity contribution in [3.05, 3.63) is 35.9 Å². The van der Waals surface area contributed by atoms with E-state index in [1.165, 1.54) is 5.56 Å². The van der Waals surface area contributed by atoms with Gasteiger partial charge in [-0.2, -0.15) is 11.8 Å². The minimum atomic E-state index is 0.277. The van der Waals surface area contributed by atoms with E-state index >= 15 is 0 Å². The van der Waals surface area contributed by atoms with E-state index in [9.17, 15) is 0 Å². The Balaban J connectivity index is 2.20. The monoisotopic (exact) mass is 196 g/mol. The Morgan fingerprint density at radius 1 is 1.31 bits per heavy atom. The lowest BCUT2D eigenvalue weighted by molar-refractivity contribution is 0.300. The number of hydrogen-bond donors (Lipinski definition) is 1. The Morgan fingerprint density at radius 3 is 2.62 bits per heavy atom. The van der Waals surface area contributed by atoms with E-state index in [2.05, 4.69) is 31.2 Å². The van der Waals surface area contributed by atoms with Gasteiger partial charge in [0.05, 0.1) is 6.61 Å². The van der Waals surface area contributed by atoms with Gasteiger partial charge in [0.25, 0.3) is 0 Å². The minimum Gasteiger partial charge on any atom is -0.395 e. The topological polar surface area (TPSA) is 20.2 Å². The van der Waals surface area contributed by atoms with Gasteiger partial charge in [-0.1, -0.05) is 37.3 Å². The highest BCUT2D eigenvalue weighted by Gasteiger charge is 1.99. The fourth-order valence-corrected chi connectivity index (χ4v) is 1.94. The minimum absolute atomic E-state index is 0.277. The molecule has 2 heteroatoms. The SMILES string of the molecule is CC(CO)SCCc1ccccc1. The number of aryl methyl sites for hydroxylation is 1. The molecule has 0 spiro atoms. The Hall–Kier alpha value is -0.470. The number of benzene rings is 1. The van der Waals surface area contributed by atoms with Crippen molar-refractivity contribution in [3.8, 4) is 0 Å². The lowest BCUT2D eigenvalue weighted by Gasteiger charge is -2.06. The molecule has 1 N–H and O–H groups in total. The molecule has 0 radical (unpaired) electrons. The Morgan fingerprint density at radius 2 is 2.00 bits per heavy atom. The molecule has 1 unspecified atom stereocenters. The van der Waals surface area contributed by atoms with Crippen LogP contribution in [0.2, 0.25) is 0 Å². The third-order valence-corrected chi connectivity index (χ3v) is 3.05. The zero-order valence-electron chi connectivity index (χ0n) is 7.94. The summed E-state index contributed by atoms with van der Waals surface area (Å²) in [6.45, 7) is 2.33. The summed E-state index contributed by atoms with van der Waals surface area (Å²) in [5.41, 5.74) is 1.38. The summed E-state index contributed by atoms with van der Waals surface area (Å²) in [7, 11) is 0. The fraction of sp³-hybridized carbons (Fsp3) is 0.455. The molecule has 0 amide bonds. The van der Waals surface area contributed by atoms with Gasteiger partial charge in [0.2, 0.25) is 0 Å². The Labute approximate surface area is 84.2 Å². The molecule has 0 aromatic heterocycles. The van der Waals surface area contributed by atoms with Crippen molar-refractivity contribution in [2.24, 2.45) is 0 Å². The van der Waals surface area contributed by atoms with Crippen LogP contribution in [0.4, 0.5) is 0 Å². The summed E-state index contributed by atoms with van der Waals surface area (Å²) in [5, 5.41) is 9.18. The summed E-state index contributed by atoms with van der Waals surface area (Å²) in [6, 6.07) is 10.5. The first-order valence-electron chi connectivity index (χ1n) is 4.59. The lowest BCUT2D eigenvalue weighted by Crippen LogP contribution is -2.03. The van der Waals surface area contributed by atoms with Gasteiger partial charge in [-0.05, 0) is 17.7 Å². The van der Waals surface area contributed by atoms with Crippen molar-refractivity contribution in [1.29, 1.82) is 0 Å². The van der Waals surface area contributed by atoms with Gasteiger partial charge < -0.3 is 5.11 Å². The third-order valence-electron chi connectivity index (χ3n) is 1.89. The summed E-state index contributed by atoms with van der Waals surface area (Å²) in [4.78, 5) is 0. The maximum atomic E-state index is 8.81. The number of aliphatic hydroxyl groups is 1. The molecule has 0 heterocycles. The second kappa shape index (κ2) is 6.06. The highest BCUT2D eigenvalue weighted by Crippen LogP contribution is 2.12. The highest BCUT2D eigenvalue weighted by atomic mass is 32.2. The summed E-state index contributed by atoms with van der Waals surface area (Å²) < 4.78 is 0. The van der Waals surface area contributed by atoms with Crippen molar-refractivity contribution in [3.63, 3.8) is 0 Å². The summed E-state index contributed by atoms with van der Waals surface area (Å²) >= 11 is 1.82. The smallest absolute Gasteiger partial charge is 0.0547 e. The lowest BCUT2D eigenvalue weighted by atomic mass is 10.2. The molecule has 1 aromatic carbocycles. The van der Waals surface area contributed by atoms with E-state index in [1.54, 1.807) is 0 Å². The van der Waals surface area contributed by atoms with Crippen LogP contribution in [0.25, 0.3) is 0 Å². The van der Waals surface area contributed by atoms with E-state index in [4.69, 9.17) is 5.11 Å². The fourth-order valence-electron chi connectivity index (χ4n) is 1.08. The standard InChI is InChI=1S/C11H16OS/c1-10(9-12)13-8-7-11-5-3-2-4-6-11/h2-6,10,12H,7-9H2,1H3. The van der Waals surface area contributed by atoms with Crippen molar-refractivity contribution in [1.82, 2.24) is 0 Å². The predicted octanol–water partition coefficient (Wildman–Crippen LogP) is 2.34. The van der Waals surface area contributed by atoms with E-state index in [0.717, 1.165) is 12.2 Å². The Bertz CT molecular complexity index is 223. The Kier molecular flexibility index (Phi) is 4.94. The third kappa shape index (κ3) is 4.34. The van der Waals surface area contributed by atoms with Crippen LogP contribution in [0.5, 0.6) is 0 Å². The van der Waals surface area contributed by atoms with Gasteiger partial charge in [0, 0.05) is 5.25 Å². The maximum absolute atomic E-state index is 8.81. The predicted molar refractivity (Wildman–Crippen MR) is 59.2 cm³/mol. The van der Waals surface area contributed by atoms with Gasteiger partial charge in [0.15, 0.2) is 0 Å². The molecule has 0 fully saturated rings. The van der Waals surface area contributed by atoms with Crippen molar-refractivity contribution < 1.29 is 5.11 Å². The molecular formula is C11H16OS. The molecule has 0 aliphatic rings. The second-order valence-corrected chi connectivity index (χ2v) is 4.65. The van der Waals surface area contributed by atoms with Gasteiger partial charge in [-0.25, -0.2) is 0 Å². The van der Waals surface area contributed by atoms with Gasteiger partial charge in [0.1, 0.15) is 0 Å². The molecule has 0 saturated carbocycles. The van der Waals surface area contributed by atoms with Crippen molar-refractivity contribution >= 4 is 11.8 Å². The molecule has 1 rings (SSSR count). The maximum Gasteiger partial charge on any atom is 0.0547 e. The summed E-state index contributed by atoms with van der Waals surface area (Å²) in [5.74, 6) is 1.09. The first-order valence-corrected chi connectivity index (χ1v) is 5.64. The van der Waals surface area contributed by atoms with Crippen LogP contribution in [0.1, 0.15) is 12.5 Å². The molecule has 72 valence electrons. The van der Waals surface area contributed by atoms with Gasteiger partial charge >= 0.3 is 0 Å². The second-order valence-electron chi connectivity index (χ2n) is 3.10. The van der Waals surface area contributed by atoms with Crippen molar-refractivity contribution in [2.45, 2.75) is 18.6 Å². The zero-order valence-corrected chi connectivity index (χ0v) is 8.76. The summed E-state index contributed by atoms with van der Waals surface area (Å²) in [6.07, 6.45) is 1.09. The number of thioether (sulfide) groups is 1. The molecule has 1 aromatic rings. The molecule has 1 nitrogen and oxygen atoms in total. The van der Waals surface area contributed by atoms with E-state index in [1.807, 2.05) is 17.8 Å². The van der Waals surface area contributed by atoms with Crippen LogP contribution in [0.3, 0.4) is 0 Å². The number of aliphatic hydroxyl groups excluding tert-OH is 1. The van der Waals surface area contributed by atoms with Crippen LogP contribution in [-0.4, -0.2) is 22.7 Å². The van der Waals surface area contributed by atoms with Gasteiger partial charge in [-0.15, -0.1) is 0 Å². The molecule has 0 aliphatic carbocycles. The molecule has 0 aliphatic heterocycles. The highest BCUT2D eigenvalue weighted by molar-refractivity contribution is 7.99. The van der Waals surface area contributed by atoms with Crippen LogP contribution in [0, 0.1) is 0 Å². The first-order chi connectivity index (χ1) is 6.33. The first kappa shape index (κ1) is 10.6. The normalized spacial score (nSPS) is 12.8. The van der Waals surface area contributed by atoms with Crippen LogP contribution < -0.4 is 0 Å². The van der Waals surface area contributed by atoms with Crippen LogP contribution in [-0.2, 0) is 6.42 Å². The molecular weight excluding hydrogens is 180 g/mol. The van der Waals surface area contributed by atoms with Crippen LogP contribution >= 0.6 is 11.8 Å². The number of hydrogen-bond acceptors (Lipinski definition) is 2. The van der Waals surface area contributed by atoms with Crippen LogP contribution in [0.15, 0.2) is 30.3 Å². The van der Waals surface area contributed by atoms with E-state index in [0.29, 0.717) is 5.25 Å². The number of rotatable bonds is 5. The molecule has 0 saturated heterocycles. The zero-order chi connectivity index (χ0) is 9.52. The largest absolute Gasteiger partial charge is 0.395 e. The molecule has 13 heavy (non-hydrogen) atoms.